The molecule has 2 rings (SSSR count). The van der Waals surface area contributed by atoms with Crippen LogP contribution in [0.1, 0.15) is 16.1 Å². The molecule has 0 aliphatic carbocycles. The fraction of sp³-hybridized carbons (Fsp3) is 0.167. The SMILES string of the molecule is O=C(O)c1cc(S(=O)(=O)NCCc2cnc[nH]2)ccc1O. The molecule has 1 heterocycles. The van der Waals surface area contributed by atoms with Gasteiger partial charge in [0.1, 0.15) is 11.3 Å². The number of hydrogen-bond donors (Lipinski definition) is 4. The van der Waals surface area contributed by atoms with Crippen molar-refractivity contribution < 1.29 is 23.4 Å². The van der Waals surface area contributed by atoms with E-state index in [0.717, 1.165) is 23.9 Å². The number of phenols is 1. The summed E-state index contributed by atoms with van der Waals surface area (Å²) >= 11 is 0. The zero-order valence-electron chi connectivity index (χ0n) is 10.8. The molecule has 0 aliphatic heterocycles. The first-order valence-electron chi connectivity index (χ1n) is 5.93. The molecule has 2 aromatic rings. The lowest BCUT2D eigenvalue weighted by atomic mass is 10.2. The van der Waals surface area contributed by atoms with E-state index in [2.05, 4.69) is 14.7 Å². The Morgan fingerprint density at radius 2 is 2.14 bits per heavy atom. The quantitative estimate of drug-likeness (QED) is 0.608. The Morgan fingerprint density at radius 3 is 2.76 bits per heavy atom. The van der Waals surface area contributed by atoms with Crippen LogP contribution in [0, 0.1) is 0 Å². The highest BCUT2D eigenvalue weighted by atomic mass is 32.2. The molecule has 8 nitrogen and oxygen atoms in total. The van der Waals surface area contributed by atoms with E-state index in [1.165, 1.54) is 6.33 Å². The van der Waals surface area contributed by atoms with E-state index in [1.807, 2.05) is 0 Å². The van der Waals surface area contributed by atoms with Crippen LogP contribution in [0.4, 0.5) is 0 Å². The smallest absolute Gasteiger partial charge is 0.339 e. The first-order valence-corrected chi connectivity index (χ1v) is 7.41. The van der Waals surface area contributed by atoms with Crippen molar-refractivity contribution >= 4 is 16.0 Å². The van der Waals surface area contributed by atoms with E-state index >= 15 is 0 Å². The van der Waals surface area contributed by atoms with Gasteiger partial charge in [0.2, 0.25) is 10.0 Å². The molecule has 9 heteroatoms. The topological polar surface area (TPSA) is 132 Å². The predicted octanol–water partition coefficient (Wildman–Crippen LogP) is 0.334. The maximum absolute atomic E-state index is 12.0. The van der Waals surface area contributed by atoms with Crippen LogP contribution >= 0.6 is 0 Å². The molecule has 0 saturated heterocycles. The highest BCUT2D eigenvalue weighted by Crippen LogP contribution is 2.21. The van der Waals surface area contributed by atoms with Crippen molar-refractivity contribution in [3.8, 4) is 5.75 Å². The summed E-state index contributed by atoms with van der Waals surface area (Å²) in [6.07, 6.45) is 3.49. The number of benzene rings is 1. The molecule has 1 aromatic heterocycles. The van der Waals surface area contributed by atoms with E-state index in [-0.39, 0.29) is 11.4 Å². The average Bonchev–Trinajstić information content (AvgIpc) is 2.91. The molecule has 0 saturated carbocycles. The number of nitrogens with zero attached hydrogens (tertiary/aromatic N) is 1. The molecule has 0 spiro atoms. The number of aromatic amines is 1. The van der Waals surface area contributed by atoms with E-state index < -0.39 is 27.3 Å². The van der Waals surface area contributed by atoms with Crippen molar-refractivity contribution in [2.45, 2.75) is 11.3 Å². The second kappa shape index (κ2) is 5.94. The average molecular weight is 311 g/mol. The van der Waals surface area contributed by atoms with Crippen molar-refractivity contribution in [1.82, 2.24) is 14.7 Å². The maximum atomic E-state index is 12.0. The number of sulfonamides is 1. The number of aromatic carboxylic acids is 1. The van der Waals surface area contributed by atoms with Gasteiger partial charge in [-0.2, -0.15) is 0 Å². The van der Waals surface area contributed by atoms with Gasteiger partial charge in [0.05, 0.1) is 11.2 Å². The highest BCUT2D eigenvalue weighted by Gasteiger charge is 2.18. The summed E-state index contributed by atoms with van der Waals surface area (Å²) < 4.78 is 26.4. The van der Waals surface area contributed by atoms with Crippen molar-refractivity contribution in [2.24, 2.45) is 0 Å². The van der Waals surface area contributed by atoms with Crippen LogP contribution in [-0.4, -0.2) is 41.1 Å². The van der Waals surface area contributed by atoms with Crippen molar-refractivity contribution in [3.63, 3.8) is 0 Å². The third-order valence-corrected chi connectivity index (χ3v) is 4.21. The predicted molar refractivity (Wildman–Crippen MR) is 72.5 cm³/mol. The lowest BCUT2D eigenvalue weighted by Gasteiger charge is -2.07. The Balaban J connectivity index is 2.12. The number of aromatic hydroxyl groups is 1. The summed E-state index contributed by atoms with van der Waals surface area (Å²) in [5.41, 5.74) is 0.307. The van der Waals surface area contributed by atoms with Crippen molar-refractivity contribution in [3.05, 3.63) is 42.0 Å². The Bertz CT molecular complexity index is 740. The summed E-state index contributed by atoms with van der Waals surface area (Å²) in [4.78, 5) is 17.3. The van der Waals surface area contributed by atoms with Crippen LogP contribution in [0.5, 0.6) is 5.75 Å². The molecular weight excluding hydrogens is 298 g/mol. The molecule has 0 radical (unpaired) electrons. The molecule has 0 amide bonds. The van der Waals surface area contributed by atoms with E-state index in [9.17, 15) is 18.3 Å². The standard InChI is InChI=1S/C12H13N3O5S/c16-11-2-1-9(5-10(11)12(17)18)21(19,20)15-4-3-8-6-13-7-14-8/h1-2,5-7,15-16H,3-4H2,(H,13,14)(H,17,18). The monoisotopic (exact) mass is 311 g/mol. The summed E-state index contributed by atoms with van der Waals surface area (Å²) in [7, 11) is -3.85. The number of rotatable bonds is 6. The molecular formula is C12H13N3O5S. The Hall–Kier alpha value is -2.39. The summed E-state index contributed by atoms with van der Waals surface area (Å²) in [6, 6.07) is 3.09. The lowest BCUT2D eigenvalue weighted by Crippen LogP contribution is -2.26. The summed E-state index contributed by atoms with van der Waals surface area (Å²) in [5.74, 6) is -1.89. The molecule has 0 atom stereocenters. The molecule has 0 aliphatic rings. The summed E-state index contributed by atoms with van der Waals surface area (Å²) in [5, 5.41) is 18.2. The van der Waals surface area contributed by atoms with Crippen molar-refractivity contribution in [1.29, 1.82) is 0 Å². The van der Waals surface area contributed by atoms with Crippen molar-refractivity contribution in [2.75, 3.05) is 6.54 Å². The first-order chi connectivity index (χ1) is 9.90. The van der Waals surface area contributed by atoms with Gasteiger partial charge < -0.3 is 15.2 Å². The Kier molecular flexibility index (Phi) is 4.24. The Labute approximate surface area is 120 Å². The van der Waals surface area contributed by atoms with Crippen LogP contribution < -0.4 is 4.72 Å². The number of carboxylic acids is 1. The largest absolute Gasteiger partial charge is 0.507 e. The van der Waals surface area contributed by atoms with Gasteiger partial charge in [-0.1, -0.05) is 0 Å². The number of nitrogens with one attached hydrogen (secondary N) is 2. The molecule has 21 heavy (non-hydrogen) atoms. The van der Waals surface area contributed by atoms with Crippen LogP contribution in [0.25, 0.3) is 0 Å². The molecule has 1 aromatic carbocycles. The normalized spacial score (nSPS) is 11.4. The Morgan fingerprint density at radius 1 is 1.38 bits per heavy atom. The molecule has 112 valence electrons. The number of carboxylic acid groups (broad SMARTS) is 1. The van der Waals surface area contributed by atoms with Crippen LogP contribution in [0.3, 0.4) is 0 Å². The lowest BCUT2D eigenvalue weighted by molar-refractivity contribution is 0.0693. The van der Waals surface area contributed by atoms with Gasteiger partial charge in [-0.25, -0.2) is 22.9 Å². The minimum atomic E-state index is -3.85. The first kappa shape index (κ1) is 15.0. The number of H-pyrrole nitrogens is 1. The van der Waals surface area contributed by atoms with E-state index in [1.54, 1.807) is 6.20 Å². The zero-order valence-corrected chi connectivity index (χ0v) is 11.6. The summed E-state index contributed by atoms with van der Waals surface area (Å²) in [6.45, 7) is 0.133. The minimum absolute atomic E-state index is 0.133. The van der Waals surface area contributed by atoms with Crippen LogP contribution in [0.2, 0.25) is 0 Å². The molecule has 0 unspecified atom stereocenters. The van der Waals surface area contributed by atoms with Gasteiger partial charge in [-0.3, -0.25) is 0 Å². The van der Waals surface area contributed by atoms with Crippen LogP contribution in [0.15, 0.2) is 35.6 Å². The third kappa shape index (κ3) is 3.58. The maximum Gasteiger partial charge on any atom is 0.339 e. The van der Waals surface area contributed by atoms with E-state index in [4.69, 9.17) is 5.11 Å². The number of carbonyl (C=O) groups is 1. The molecule has 0 bridgehead atoms. The number of imidazole rings is 1. The van der Waals surface area contributed by atoms with Gasteiger partial charge in [-0.05, 0) is 18.2 Å². The fourth-order valence-corrected chi connectivity index (χ4v) is 2.74. The van der Waals surface area contributed by atoms with Gasteiger partial charge in [-0.15, -0.1) is 0 Å². The van der Waals surface area contributed by atoms with Gasteiger partial charge in [0.15, 0.2) is 0 Å². The van der Waals surface area contributed by atoms with E-state index in [0.29, 0.717) is 6.42 Å². The third-order valence-electron chi connectivity index (χ3n) is 2.75. The second-order valence-electron chi connectivity index (χ2n) is 4.21. The van der Waals surface area contributed by atoms with Gasteiger partial charge in [0.25, 0.3) is 0 Å². The van der Waals surface area contributed by atoms with Gasteiger partial charge in [0, 0.05) is 24.9 Å². The second-order valence-corrected chi connectivity index (χ2v) is 5.98. The zero-order chi connectivity index (χ0) is 15.5. The fourth-order valence-electron chi connectivity index (χ4n) is 1.68. The van der Waals surface area contributed by atoms with Gasteiger partial charge >= 0.3 is 5.97 Å². The molecule has 0 fully saturated rings. The molecule has 4 N–H and O–H groups in total. The van der Waals surface area contributed by atoms with Crippen LogP contribution in [-0.2, 0) is 16.4 Å². The number of hydrogen-bond acceptors (Lipinski definition) is 5. The highest BCUT2D eigenvalue weighted by molar-refractivity contribution is 7.89. The minimum Gasteiger partial charge on any atom is -0.507 e. The number of aromatic nitrogens is 2.